The average molecular weight is 388 g/mol. The summed E-state index contributed by atoms with van der Waals surface area (Å²) in [4.78, 5) is 8.11. The van der Waals surface area contributed by atoms with Crippen LogP contribution in [0.5, 0.6) is 6.01 Å². The highest BCUT2D eigenvalue weighted by molar-refractivity contribution is 7.88. The van der Waals surface area contributed by atoms with Crippen molar-refractivity contribution in [2.45, 2.75) is 43.6 Å². The van der Waals surface area contributed by atoms with E-state index < -0.39 is 10.0 Å². The van der Waals surface area contributed by atoms with Gasteiger partial charge in [0.05, 0.1) is 0 Å². The average Bonchev–Trinajstić information content (AvgIpc) is 3.06. The summed E-state index contributed by atoms with van der Waals surface area (Å²) in [6, 6.07) is 9.22. The van der Waals surface area contributed by atoms with Gasteiger partial charge in [0.25, 0.3) is 0 Å². The zero-order valence-corrected chi connectivity index (χ0v) is 15.4. The number of ether oxygens (including phenoxy) is 1. The monoisotopic (exact) mass is 388 g/mol. The number of nitrogens with zero attached hydrogens (tertiary/aromatic N) is 3. The van der Waals surface area contributed by atoms with Gasteiger partial charge in [-0.3, -0.25) is 0 Å². The van der Waals surface area contributed by atoms with E-state index >= 15 is 0 Å². The molecule has 8 nitrogen and oxygen atoms in total. The van der Waals surface area contributed by atoms with E-state index in [0.717, 1.165) is 18.2 Å². The lowest BCUT2D eigenvalue weighted by Crippen LogP contribution is -2.40. The largest absolute Gasteiger partial charge is 0.460 e. The molecule has 1 N–H and O–H groups in total. The lowest BCUT2D eigenvalue weighted by Gasteiger charge is -2.28. The molecule has 0 amide bonds. The molecule has 0 unspecified atom stereocenters. The van der Waals surface area contributed by atoms with Crippen molar-refractivity contribution in [3.8, 4) is 6.01 Å². The molecule has 1 saturated carbocycles. The number of hydrogen-bond donors (Lipinski definition) is 1. The Kier molecular flexibility index (Phi) is 5.04. The lowest BCUT2D eigenvalue weighted by atomic mass is 9.94. The molecule has 4 rings (SSSR count). The molecular weight excluding hydrogens is 368 g/mol. The number of aromatic nitrogens is 3. The van der Waals surface area contributed by atoms with E-state index in [1.165, 1.54) is 0 Å². The van der Waals surface area contributed by atoms with Crippen LogP contribution in [0.2, 0.25) is 0 Å². The fraction of sp³-hybridized carbons (Fsp3) is 0.389. The van der Waals surface area contributed by atoms with Crippen LogP contribution in [0.4, 0.5) is 0 Å². The van der Waals surface area contributed by atoms with E-state index in [2.05, 4.69) is 19.8 Å². The molecule has 1 aliphatic rings. The van der Waals surface area contributed by atoms with Crippen LogP contribution in [0.1, 0.15) is 31.4 Å². The van der Waals surface area contributed by atoms with E-state index in [4.69, 9.17) is 9.26 Å². The Hall–Kier alpha value is -2.52. The van der Waals surface area contributed by atoms with Gasteiger partial charge in [-0.05, 0) is 43.9 Å². The molecule has 2 aromatic heterocycles. The number of nitrogens with one attached hydrogen (secondary N) is 1. The second-order valence-corrected chi connectivity index (χ2v) is 8.38. The molecule has 2 heterocycles. The summed E-state index contributed by atoms with van der Waals surface area (Å²) in [5, 5.41) is 4.63. The maximum Gasteiger partial charge on any atom is 0.316 e. The highest BCUT2D eigenvalue weighted by atomic mass is 32.2. The van der Waals surface area contributed by atoms with Gasteiger partial charge >= 0.3 is 6.01 Å². The number of rotatable bonds is 6. The smallest absolute Gasteiger partial charge is 0.316 e. The minimum absolute atomic E-state index is 0.00707. The highest BCUT2D eigenvalue weighted by Gasteiger charge is 2.27. The van der Waals surface area contributed by atoms with E-state index in [1.807, 2.05) is 18.2 Å². The van der Waals surface area contributed by atoms with Crippen LogP contribution >= 0.6 is 0 Å². The summed E-state index contributed by atoms with van der Waals surface area (Å²) in [5.41, 5.74) is 1.01. The molecule has 0 spiro atoms. The van der Waals surface area contributed by atoms with Crippen molar-refractivity contribution in [1.29, 1.82) is 0 Å². The van der Waals surface area contributed by atoms with E-state index in [1.54, 1.807) is 24.5 Å². The van der Waals surface area contributed by atoms with Gasteiger partial charge in [0, 0.05) is 23.8 Å². The van der Waals surface area contributed by atoms with Crippen molar-refractivity contribution in [2.75, 3.05) is 0 Å². The van der Waals surface area contributed by atoms with Crippen molar-refractivity contribution in [3.63, 3.8) is 0 Å². The molecule has 0 bridgehead atoms. The number of fused-ring (bicyclic) bond motifs is 1. The van der Waals surface area contributed by atoms with Crippen molar-refractivity contribution in [2.24, 2.45) is 0 Å². The number of sulfonamides is 1. The van der Waals surface area contributed by atoms with Crippen molar-refractivity contribution >= 4 is 21.0 Å². The lowest BCUT2D eigenvalue weighted by molar-refractivity contribution is 0.132. The Bertz CT molecular complexity index is 998. The fourth-order valence-corrected chi connectivity index (χ4v) is 4.71. The van der Waals surface area contributed by atoms with E-state index in [-0.39, 0.29) is 17.9 Å². The normalized spacial score (nSPS) is 20.6. The summed E-state index contributed by atoms with van der Waals surface area (Å²) < 4.78 is 38.8. The SMILES string of the molecule is O=S(=O)(Cc1noc2ccccc12)NC1CCC(Oc2ncccn2)CC1. The molecule has 3 aromatic rings. The maximum atomic E-state index is 12.5. The van der Waals surface area contributed by atoms with Gasteiger partial charge in [-0.15, -0.1) is 0 Å². The van der Waals surface area contributed by atoms with Crippen molar-refractivity contribution in [1.82, 2.24) is 19.8 Å². The van der Waals surface area contributed by atoms with Gasteiger partial charge in [-0.1, -0.05) is 17.3 Å². The minimum atomic E-state index is -3.51. The van der Waals surface area contributed by atoms with Crippen molar-refractivity contribution < 1.29 is 17.7 Å². The summed E-state index contributed by atoms with van der Waals surface area (Å²) >= 11 is 0. The molecular formula is C18H20N4O4S. The van der Waals surface area contributed by atoms with Gasteiger partial charge in [-0.2, -0.15) is 0 Å². The first-order valence-electron chi connectivity index (χ1n) is 8.86. The second-order valence-electron chi connectivity index (χ2n) is 6.63. The standard InChI is InChI=1S/C18H20N4O4S/c23-27(24,12-16-15-4-1-2-5-17(15)26-21-16)22-13-6-8-14(9-7-13)25-18-19-10-3-11-20-18/h1-5,10-11,13-14,22H,6-9,12H2. The Morgan fingerprint density at radius 3 is 2.59 bits per heavy atom. The molecule has 9 heteroatoms. The van der Waals surface area contributed by atoms with Crippen LogP contribution in [0.3, 0.4) is 0 Å². The first-order valence-corrected chi connectivity index (χ1v) is 10.5. The van der Waals surface area contributed by atoms with Gasteiger partial charge in [0.15, 0.2) is 5.58 Å². The molecule has 0 atom stereocenters. The maximum absolute atomic E-state index is 12.5. The Morgan fingerprint density at radius 1 is 1.07 bits per heavy atom. The molecule has 0 saturated heterocycles. The van der Waals surface area contributed by atoms with Crippen LogP contribution in [0.25, 0.3) is 11.0 Å². The Labute approximate surface area is 157 Å². The molecule has 142 valence electrons. The number of benzene rings is 1. The van der Waals surface area contributed by atoms with Gasteiger partial charge in [0.1, 0.15) is 17.6 Å². The van der Waals surface area contributed by atoms with Crippen LogP contribution in [-0.4, -0.2) is 35.7 Å². The van der Waals surface area contributed by atoms with Crippen LogP contribution in [0.15, 0.2) is 47.2 Å². The van der Waals surface area contributed by atoms with Crippen LogP contribution < -0.4 is 9.46 Å². The summed E-state index contributed by atoms with van der Waals surface area (Å²) in [5.74, 6) is -0.196. The zero-order valence-electron chi connectivity index (χ0n) is 14.6. The summed E-state index contributed by atoms with van der Waals surface area (Å²) in [7, 11) is -3.51. The molecule has 1 aliphatic carbocycles. The van der Waals surface area contributed by atoms with Crippen molar-refractivity contribution in [3.05, 3.63) is 48.4 Å². The highest BCUT2D eigenvalue weighted by Crippen LogP contribution is 2.24. The van der Waals surface area contributed by atoms with Gasteiger partial charge < -0.3 is 9.26 Å². The third-order valence-corrected chi connectivity index (χ3v) is 5.96. The third kappa shape index (κ3) is 4.42. The first kappa shape index (κ1) is 17.9. The zero-order chi connectivity index (χ0) is 18.7. The van der Waals surface area contributed by atoms with Crippen LogP contribution in [0, 0.1) is 0 Å². The van der Waals surface area contributed by atoms with Gasteiger partial charge in [-0.25, -0.2) is 23.1 Å². The topological polar surface area (TPSA) is 107 Å². The third-order valence-electron chi connectivity index (χ3n) is 4.61. The summed E-state index contributed by atoms with van der Waals surface area (Å²) in [6.07, 6.45) is 6.18. The first-order chi connectivity index (χ1) is 13.1. The number of para-hydroxylation sites is 1. The van der Waals surface area contributed by atoms with E-state index in [9.17, 15) is 8.42 Å². The number of hydrogen-bond acceptors (Lipinski definition) is 7. The molecule has 1 fully saturated rings. The minimum Gasteiger partial charge on any atom is -0.460 e. The molecule has 1 aromatic carbocycles. The second kappa shape index (κ2) is 7.61. The predicted octanol–water partition coefficient (Wildman–Crippen LogP) is 2.43. The fourth-order valence-electron chi connectivity index (χ4n) is 3.31. The summed E-state index contributed by atoms with van der Waals surface area (Å²) in [6.45, 7) is 0. The quantitative estimate of drug-likeness (QED) is 0.691. The molecule has 0 aliphatic heterocycles. The van der Waals surface area contributed by atoms with Gasteiger partial charge in [0.2, 0.25) is 10.0 Å². The van der Waals surface area contributed by atoms with Crippen LogP contribution in [-0.2, 0) is 15.8 Å². The van der Waals surface area contributed by atoms with E-state index in [0.29, 0.717) is 30.1 Å². The molecule has 27 heavy (non-hydrogen) atoms. The predicted molar refractivity (Wildman–Crippen MR) is 98.5 cm³/mol. The Balaban J connectivity index is 1.33. The Morgan fingerprint density at radius 2 is 1.81 bits per heavy atom. The molecule has 0 radical (unpaired) electrons.